The predicted octanol–water partition coefficient (Wildman–Crippen LogP) is 0.731. The molecule has 1 atom stereocenters. The van der Waals surface area contributed by atoms with Crippen molar-refractivity contribution in [3.05, 3.63) is 41.2 Å². The number of methoxy groups -OCH3 is 1. The highest BCUT2D eigenvalue weighted by molar-refractivity contribution is 6.30. The third kappa shape index (κ3) is 8.12. The van der Waals surface area contributed by atoms with Crippen LogP contribution >= 0.6 is 11.6 Å². The number of β-amino-alcohol motifs (C(OH)–C–C–N with tert-alkyl or cyclic N) is 1. The molecule has 0 aliphatic carbocycles. The molecule has 2 aromatic rings. The van der Waals surface area contributed by atoms with E-state index in [4.69, 9.17) is 21.4 Å². The van der Waals surface area contributed by atoms with E-state index in [0.717, 1.165) is 37.6 Å². The number of carboxylic acid groups (broad SMARTS) is 1. The smallest absolute Gasteiger partial charge is 0.404 e. The first-order chi connectivity index (χ1) is 16.9. The van der Waals surface area contributed by atoms with Crippen molar-refractivity contribution >= 4 is 35.2 Å². The molecule has 190 valence electrons. The molecule has 13 heteroatoms. The number of carbonyl (C=O) groups is 2. The molecule has 0 radical (unpaired) electrons. The Labute approximate surface area is 208 Å². The Morgan fingerprint density at radius 2 is 1.91 bits per heavy atom. The van der Waals surface area contributed by atoms with Crippen molar-refractivity contribution in [2.45, 2.75) is 6.10 Å². The first-order valence-corrected chi connectivity index (χ1v) is 11.5. The van der Waals surface area contributed by atoms with Crippen molar-refractivity contribution in [2.24, 2.45) is 0 Å². The lowest BCUT2D eigenvalue weighted by Crippen LogP contribution is -2.49. The number of aromatic nitrogens is 2. The number of nitrogens with zero attached hydrogens (tertiary/aromatic N) is 4. The topological polar surface area (TPSA) is 152 Å². The van der Waals surface area contributed by atoms with E-state index in [-0.39, 0.29) is 31.3 Å². The molecule has 0 saturated carbocycles. The summed E-state index contributed by atoms with van der Waals surface area (Å²) in [5.41, 5.74) is 1.10. The highest BCUT2D eigenvalue weighted by atomic mass is 35.5. The number of rotatable bonds is 11. The molecule has 1 aliphatic rings. The lowest BCUT2D eigenvalue weighted by Gasteiger charge is -2.37. The molecule has 12 nitrogen and oxygen atoms in total. The molecule has 5 N–H and O–H groups in total. The fourth-order valence-corrected chi connectivity index (χ4v) is 3.83. The number of hydrogen-bond donors (Lipinski definition) is 5. The quantitative estimate of drug-likeness (QED) is 0.275. The van der Waals surface area contributed by atoms with Gasteiger partial charge in [-0.05, 0) is 24.3 Å². The molecular formula is C22H30ClN7O5. The third-order valence-electron chi connectivity index (χ3n) is 5.39. The van der Waals surface area contributed by atoms with Crippen LogP contribution in [0.5, 0.6) is 5.75 Å². The average molecular weight is 508 g/mol. The molecule has 1 aromatic carbocycles. The van der Waals surface area contributed by atoms with Crippen molar-refractivity contribution in [3.63, 3.8) is 0 Å². The zero-order chi connectivity index (χ0) is 25.2. The average Bonchev–Trinajstić information content (AvgIpc) is 2.86. The van der Waals surface area contributed by atoms with Crippen molar-refractivity contribution in [1.29, 1.82) is 0 Å². The number of piperazine rings is 1. The fraction of sp³-hybridized carbons (Fsp3) is 0.455. The highest BCUT2D eigenvalue weighted by Gasteiger charge is 2.22. The molecule has 1 aromatic heterocycles. The summed E-state index contributed by atoms with van der Waals surface area (Å²) in [6, 6.07) is 7.01. The Kier molecular flexibility index (Phi) is 9.70. The van der Waals surface area contributed by atoms with Crippen LogP contribution in [-0.4, -0.2) is 103 Å². The Morgan fingerprint density at radius 1 is 1.17 bits per heavy atom. The summed E-state index contributed by atoms with van der Waals surface area (Å²) >= 11 is 6.15. The number of ether oxygens (including phenoxy) is 1. The summed E-state index contributed by atoms with van der Waals surface area (Å²) < 4.78 is 5.45. The van der Waals surface area contributed by atoms with E-state index in [1.54, 1.807) is 13.2 Å². The third-order valence-corrected chi connectivity index (χ3v) is 5.63. The molecule has 1 saturated heterocycles. The van der Waals surface area contributed by atoms with Gasteiger partial charge in [-0.3, -0.25) is 9.69 Å². The van der Waals surface area contributed by atoms with Gasteiger partial charge in [0, 0.05) is 63.6 Å². The fourth-order valence-electron chi connectivity index (χ4n) is 3.66. The van der Waals surface area contributed by atoms with Gasteiger partial charge in [0.25, 0.3) is 5.91 Å². The van der Waals surface area contributed by atoms with Crippen LogP contribution in [0.1, 0.15) is 10.5 Å². The van der Waals surface area contributed by atoms with Crippen LogP contribution < -0.4 is 25.6 Å². The first-order valence-electron chi connectivity index (χ1n) is 11.2. The zero-order valence-corrected chi connectivity index (χ0v) is 20.2. The van der Waals surface area contributed by atoms with Crippen LogP contribution in [0.2, 0.25) is 5.02 Å². The molecule has 1 unspecified atom stereocenters. The van der Waals surface area contributed by atoms with E-state index in [2.05, 4.69) is 35.7 Å². The SMILES string of the molecule is COc1ccc(Cl)cc1N1CCN(CC(O)CNc2nccc(C(=O)NCCNC(=O)O)n2)CC1. The standard InChI is InChI=1S/C22H30ClN7O5/c1-35-19-3-2-15(23)12-18(19)30-10-8-29(9-11-30)14-16(31)13-27-21-25-5-4-17(28-21)20(32)24-6-7-26-22(33)34/h2-5,12,16,26,31H,6-11,13-14H2,1H3,(H,24,32)(H,33,34)(H,25,27,28). The molecular weight excluding hydrogens is 478 g/mol. The van der Waals surface area contributed by atoms with Crippen molar-refractivity contribution in [2.75, 3.05) is 69.7 Å². The molecule has 0 spiro atoms. The van der Waals surface area contributed by atoms with Crippen LogP contribution in [0.25, 0.3) is 0 Å². The van der Waals surface area contributed by atoms with Gasteiger partial charge in [-0.1, -0.05) is 11.6 Å². The van der Waals surface area contributed by atoms with Crippen LogP contribution in [0.3, 0.4) is 0 Å². The molecule has 3 rings (SSSR count). The summed E-state index contributed by atoms with van der Waals surface area (Å²) in [7, 11) is 1.64. The van der Waals surface area contributed by atoms with Crippen LogP contribution in [-0.2, 0) is 0 Å². The number of nitrogens with one attached hydrogen (secondary N) is 3. The summed E-state index contributed by atoms with van der Waals surface area (Å²) in [6.45, 7) is 4.02. The molecule has 2 amide bonds. The van der Waals surface area contributed by atoms with Crippen LogP contribution in [0.4, 0.5) is 16.4 Å². The van der Waals surface area contributed by atoms with Crippen LogP contribution in [0, 0.1) is 0 Å². The second-order valence-electron chi connectivity index (χ2n) is 7.89. The summed E-state index contributed by atoms with van der Waals surface area (Å²) in [6.07, 6.45) is -0.380. The van der Waals surface area contributed by atoms with E-state index in [9.17, 15) is 14.7 Å². The van der Waals surface area contributed by atoms with Gasteiger partial charge in [-0.15, -0.1) is 0 Å². The number of hydrogen-bond acceptors (Lipinski definition) is 9. The maximum absolute atomic E-state index is 12.2. The van der Waals surface area contributed by atoms with Crippen molar-refractivity contribution in [1.82, 2.24) is 25.5 Å². The largest absolute Gasteiger partial charge is 0.495 e. The lowest BCUT2D eigenvalue weighted by atomic mass is 10.2. The number of anilines is 2. The van der Waals surface area contributed by atoms with E-state index in [1.165, 1.54) is 12.3 Å². The summed E-state index contributed by atoms with van der Waals surface area (Å²) in [4.78, 5) is 35.2. The van der Waals surface area contributed by atoms with E-state index in [0.29, 0.717) is 11.6 Å². The monoisotopic (exact) mass is 507 g/mol. The maximum atomic E-state index is 12.2. The van der Waals surface area contributed by atoms with Gasteiger partial charge < -0.3 is 35.8 Å². The lowest BCUT2D eigenvalue weighted by molar-refractivity contribution is 0.0948. The van der Waals surface area contributed by atoms with Gasteiger partial charge >= 0.3 is 6.09 Å². The van der Waals surface area contributed by atoms with Gasteiger partial charge in [0.2, 0.25) is 5.95 Å². The van der Waals surface area contributed by atoms with E-state index in [1.807, 2.05) is 12.1 Å². The Morgan fingerprint density at radius 3 is 2.63 bits per heavy atom. The van der Waals surface area contributed by atoms with Gasteiger partial charge in [0.1, 0.15) is 11.4 Å². The number of benzene rings is 1. The van der Waals surface area contributed by atoms with Crippen molar-refractivity contribution < 1.29 is 24.5 Å². The second-order valence-corrected chi connectivity index (χ2v) is 8.33. The second kappa shape index (κ2) is 12.9. The normalized spacial score (nSPS) is 14.8. The molecule has 0 bridgehead atoms. The number of carbonyl (C=O) groups excluding carboxylic acids is 1. The first kappa shape index (κ1) is 26.3. The van der Waals surface area contributed by atoms with Gasteiger partial charge in [0.05, 0.1) is 18.9 Å². The summed E-state index contributed by atoms with van der Waals surface area (Å²) in [5.74, 6) is 0.551. The maximum Gasteiger partial charge on any atom is 0.404 e. The van der Waals surface area contributed by atoms with E-state index < -0.39 is 18.1 Å². The van der Waals surface area contributed by atoms with Gasteiger partial charge in [-0.2, -0.15) is 0 Å². The number of aliphatic hydroxyl groups excluding tert-OH is 1. The number of halogens is 1. The highest BCUT2D eigenvalue weighted by Crippen LogP contribution is 2.31. The minimum Gasteiger partial charge on any atom is -0.495 e. The minimum absolute atomic E-state index is 0.0877. The van der Waals surface area contributed by atoms with Crippen LogP contribution in [0.15, 0.2) is 30.5 Å². The van der Waals surface area contributed by atoms with Crippen molar-refractivity contribution in [3.8, 4) is 5.75 Å². The Balaban J connectivity index is 1.42. The molecule has 1 aliphatic heterocycles. The Hall–Kier alpha value is -3.35. The minimum atomic E-state index is -1.16. The molecule has 1 fully saturated rings. The number of amides is 2. The van der Waals surface area contributed by atoms with Gasteiger partial charge in [-0.25, -0.2) is 14.8 Å². The van der Waals surface area contributed by atoms with Gasteiger partial charge in [0.15, 0.2) is 0 Å². The Bertz CT molecular complexity index is 1000. The summed E-state index contributed by atoms with van der Waals surface area (Å²) in [5, 5.41) is 27.4. The zero-order valence-electron chi connectivity index (χ0n) is 19.4. The predicted molar refractivity (Wildman–Crippen MR) is 132 cm³/mol. The molecule has 2 heterocycles. The van der Waals surface area contributed by atoms with E-state index >= 15 is 0 Å². The number of aliphatic hydroxyl groups is 1. The molecule has 35 heavy (non-hydrogen) atoms.